The summed E-state index contributed by atoms with van der Waals surface area (Å²) in [5, 5.41) is 3.49. The second-order valence-corrected chi connectivity index (χ2v) is 6.07. The second-order valence-electron chi connectivity index (χ2n) is 6.07. The molecule has 0 spiro atoms. The van der Waals surface area contributed by atoms with Gasteiger partial charge in [0.15, 0.2) is 0 Å². The number of hydrogen-bond donors (Lipinski definition) is 1. The van der Waals surface area contributed by atoms with Crippen LogP contribution >= 0.6 is 0 Å². The maximum atomic E-state index is 5.88. The highest BCUT2D eigenvalue weighted by Gasteiger charge is 2.21. The van der Waals surface area contributed by atoms with Crippen molar-refractivity contribution in [2.75, 3.05) is 13.1 Å². The number of hydrogen-bond acceptors (Lipinski definition) is 2. The maximum absolute atomic E-state index is 5.88. The highest BCUT2D eigenvalue weighted by Crippen LogP contribution is 2.27. The molecule has 1 aromatic carbocycles. The second kappa shape index (κ2) is 5.09. The molecule has 0 aromatic heterocycles. The number of para-hydroxylation sites is 1. The van der Waals surface area contributed by atoms with Gasteiger partial charge in [-0.3, -0.25) is 0 Å². The fraction of sp³-hybridized carbons (Fsp3) is 0.600. The Morgan fingerprint density at radius 2 is 2.06 bits per heavy atom. The molecular weight excluding hydrogens is 210 g/mol. The summed E-state index contributed by atoms with van der Waals surface area (Å²) in [5.41, 5.74) is 1.75. The van der Waals surface area contributed by atoms with Crippen molar-refractivity contribution in [2.45, 2.75) is 39.7 Å². The van der Waals surface area contributed by atoms with E-state index in [1.54, 1.807) is 0 Å². The minimum absolute atomic E-state index is 0.312. The molecule has 2 rings (SSSR count). The highest BCUT2D eigenvalue weighted by molar-refractivity contribution is 5.37. The summed E-state index contributed by atoms with van der Waals surface area (Å²) in [6.07, 6.45) is 2.55. The molecule has 0 radical (unpaired) electrons. The molecule has 1 aromatic rings. The van der Waals surface area contributed by atoms with E-state index in [0.717, 1.165) is 25.3 Å². The Morgan fingerprint density at radius 3 is 2.76 bits per heavy atom. The van der Waals surface area contributed by atoms with Crippen LogP contribution in [-0.2, 0) is 6.42 Å². The Kier molecular flexibility index (Phi) is 3.72. The van der Waals surface area contributed by atoms with Gasteiger partial charge < -0.3 is 10.1 Å². The van der Waals surface area contributed by atoms with Gasteiger partial charge in [-0.05, 0) is 30.0 Å². The lowest BCUT2D eigenvalue weighted by atomic mass is 9.92. The van der Waals surface area contributed by atoms with Gasteiger partial charge in [0, 0.05) is 13.0 Å². The standard InChI is InChI=1S/C15H23NO/c1-15(2,3)8-9-16-11-13-10-12-6-4-5-7-14(12)17-13/h4-7,13,16H,8-11H2,1-3H3. The first-order valence-corrected chi connectivity index (χ1v) is 6.50. The van der Waals surface area contributed by atoms with Crippen molar-refractivity contribution in [2.24, 2.45) is 5.41 Å². The van der Waals surface area contributed by atoms with Crippen molar-refractivity contribution in [1.29, 1.82) is 0 Å². The molecule has 0 bridgehead atoms. The zero-order valence-electron chi connectivity index (χ0n) is 11.1. The summed E-state index contributed by atoms with van der Waals surface area (Å²) in [4.78, 5) is 0. The molecule has 1 unspecified atom stereocenters. The van der Waals surface area contributed by atoms with E-state index in [0.29, 0.717) is 11.5 Å². The van der Waals surface area contributed by atoms with Crippen LogP contribution in [0.25, 0.3) is 0 Å². The van der Waals surface area contributed by atoms with Crippen LogP contribution < -0.4 is 10.1 Å². The van der Waals surface area contributed by atoms with Gasteiger partial charge in [0.05, 0.1) is 0 Å². The average Bonchev–Trinajstić information content (AvgIpc) is 2.65. The third-order valence-corrected chi connectivity index (χ3v) is 3.14. The van der Waals surface area contributed by atoms with E-state index in [-0.39, 0.29) is 0 Å². The first-order chi connectivity index (χ1) is 8.04. The van der Waals surface area contributed by atoms with Crippen molar-refractivity contribution in [3.63, 3.8) is 0 Å². The van der Waals surface area contributed by atoms with E-state index in [1.165, 1.54) is 12.0 Å². The van der Waals surface area contributed by atoms with E-state index < -0.39 is 0 Å². The molecule has 0 saturated heterocycles. The number of ether oxygens (including phenoxy) is 1. The van der Waals surface area contributed by atoms with E-state index >= 15 is 0 Å². The van der Waals surface area contributed by atoms with Crippen LogP contribution in [0, 0.1) is 5.41 Å². The third kappa shape index (κ3) is 3.74. The minimum Gasteiger partial charge on any atom is -0.488 e. The van der Waals surface area contributed by atoms with E-state index in [9.17, 15) is 0 Å². The lowest BCUT2D eigenvalue weighted by Gasteiger charge is -2.19. The van der Waals surface area contributed by atoms with Gasteiger partial charge >= 0.3 is 0 Å². The molecule has 1 heterocycles. The Morgan fingerprint density at radius 1 is 1.29 bits per heavy atom. The van der Waals surface area contributed by atoms with E-state index in [4.69, 9.17) is 4.74 Å². The fourth-order valence-corrected chi connectivity index (χ4v) is 2.09. The average molecular weight is 233 g/mol. The van der Waals surface area contributed by atoms with Crippen LogP contribution in [0.4, 0.5) is 0 Å². The van der Waals surface area contributed by atoms with Crippen molar-refractivity contribution < 1.29 is 4.74 Å². The smallest absolute Gasteiger partial charge is 0.123 e. The minimum atomic E-state index is 0.312. The van der Waals surface area contributed by atoms with E-state index in [1.807, 2.05) is 6.07 Å². The molecule has 0 amide bonds. The van der Waals surface area contributed by atoms with Crippen LogP contribution in [0.15, 0.2) is 24.3 Å². The summed E-state index contributed by atoms with van der Waals surface area (Å²) < 4.78 is 5.88. The molecular formula is C15H23NO. The molecule has 94 valence electrons. The Labute approximate surface area is 104 Å². The van der Waals surface area contributed by atoms with Crippen LogP contribution in [-0.4, -0.2) is 19.2 Å². The molecule has 2 heteroatoms. The van der Waals surface area contributed by atoms with Crippen LogP contribution in [0.2, 0.25) is 0 Å². The lowest BCUT2D eigenvalue weighted by Crippen LogP contribution is -2.32. The molecule has 0 saturated carbocycles. The van der Waals surface area contributed by atoms with E-state index in [2.05, 4.69) is 44.3 Å². The SMILES string of the molecule is CC(C)(C)CCNCC1Cc2ccccc2O1. The maximum Gasteiger partial charge on any atom is 0.123 e. The quantitative estimate of drug-likeness (QED) is 0.807. The summed E-state index contributed by atoms with van der Waals surface area (Å²) in [7, 11) is 0. The summed E-state index contributed by atoms with van der Waals surface area (Å²) in [5.74, 6) is 1.06. The predicted octanol–water partition coefficient (Wildman–Crippen LogP) is 3.02. The summed E-state index contributed by atoms with van der Waals surface area (Å²) in [6.45, 7) is 8.84. The van der Waals surface area contributed by atoms with Crippen molar-refractivity contribution in [3.8, 4) is 5.75 Å². The first-order valence-electron chi connectivity index (χ1n) is 6.50. The lowest BCUT2D eigenvalue weighted by molar-refractivity contribution is 0.224. The number of fused-ring (bicyclic) bond motifs is 1. The fourth-order valence-electron chi connectivity index (χ4n) is 2.09. The van der Waals surface area contributed by atoms with Crippen LogP contribution in [0.3, 0.4) is 0 Å². The van der Waals surface area contributed by atoms with Crippen molar-refractivity contribution >= 4 is 0 Å². The largest absolute Gasteiger partial charge is 0.488 e. The molecule has 1 aliphatic heterocycles. The Balaban J connectivity index is 1.70. The third-order valence-electron chi connectivity index (χ3n) is 3.14. The van der Waals surface area contributed by atoms with Gasteiger partial charge in [-0.25, -0.2) is 0 Å². The van der Waals surface area contributed by atoms with Crippen LogP contribution in [0.5, 0.6) is 5.75 Å². The number of rotatable bonds is 4. The molecule has 0 aliphatic carbocycles. The topological polar surface area (TPSA) is 21.3 Å². The molecule has 1 aliphatic rings. The number of benzene rings is 1. The zero-order valence-corrected chi connectivity index (χ0v) is 11.1. The summed E-state index contributed by atoms with van der Waals surface area (Å²) >= 11 is 0. The Hall–Kier alpha value is -1.02. The molecule has 0 fully saturated rings. The predicted molar refractivity (Wildman–Crippen MR) is 71.5 cm³/mol. The normalized spacial score (nSPS) is 18.9. The van der Waals surface area contributed by atoms with Crippen molar-refractivity contribution in [3.05, 3.63) is 29.8 Å². The van der Waals surface area contributed by atoms with Crippen LogP contribution in [0.1, 0.15) is 32.8 Å². The molecule has 1 atom stereocenters. The van der Waals surface area contributed by atoms with Gasteiger partial charge in [0.2, 0.25) is 0 Å². The number of nitrogens with one attached hydrogen (secondary N) is 1. The van der Waals surface area contributed by atoms with Gasteiger partial charge in [-0.1, -0.05) is 39.0 Å². The Bertz CT molecular complexity index is 342. The summed E-state index contributed by atoms with van der Waals surface area (Å²) in [6, 6.07) is 8.33. The molecule has 2 nitrogen and oxygen atoms in total. The molecule has 17 heavy (non-hydrogen) atoms. The molecule has 1 N–H and O–H groups in total. The zero-order chi connectivity index (χ0) is 12.3. The highest BCUT2D eigenvalue weighted by atomic mass is 16.5. The van der Waals surface area contributed by atoms with Gasteiger partial charge in [0.1, 0.15) is 11.9 Å². The van der Waals surface area contributed by atoms with Gasteiger partial charge in [-0.2, -0.15) is 0 Å². The van der Waals surface area contributed by atoms with Crippen molar-refractivity contribution in [1.82, 2.24) is 5.32 Å². The first kappa shape index (κ1) is 12.4. The van der Waals surface area contributed by atoms with Gasteiger partial charge in [0.25, 0.3) is 0 Å². The monoisotopic (exact) mass is 233 g/mol. The van der Waals surface area contributed by atoms with Gasteiger partial charge in [-0.15, -0.1) is 0 Å².